The molecule has 0 saturated carbocycles. The average Bonchev–Trinajstić information content (AvgIpc) is 3.72. The monoisotopic (exact) mass is 706 g/mol. The number of ether oxygens (including phenoxy) is 2. The normalized spacial score (nSPS) is 37.7. The zero-order valence-corrected chi connectivity index (χ0v) is 25.9. The lowest BCUT2D eigenvalue weighted by Crippen LogP contribution is -2.36. The van der Waals surface area contributed by atoms with E-state index in [-0.39, 0.29) is 28.6 Å². The quantitative estimate of drug-likeness (QED) is 0.0942. The van der Waals surface area contributed by atoms with E-state index in [9.17, 15) is 24.5 Å². The fourth-order valence-electron chi connectivity index (χ4n) is 5.28. The molecule has 3 aliphatic heterocycles. The number of nitrogens with zero attached hydrogens (tertiary/aromatic N) is 7. The van der Waals surface area contributed by atoms with Gasteiger partial charge in [0.05, 0.1) is 31.1 Å². The van der Waals surface area contributed by atoms with Gasteiger partial charge in [-0.15, -0.1) is 0 Å². The van der Waals surface area contributed by atoms with E-state index in [0.717, 1.165) is 0 Å². The van der Waals surface area contributed by atoms with Crippen molar-refractivity contribution in [3.63, 3.8) is 0 Å². The molecular formula is C20H24N10O11P2S2. The van der Waals surface area contributed by atoms with E-state index < -0.39 is 81.4 Å². The van der Waals surface area contributed by atoms with Gasteiger partial charge in [-0.2, -0.15) is 10.1 Å². The van der Waals surface area contributed by atoms with Gasteiger partial charge in [-0.25, -0.2) is 24.2 Å². The maximum absolute atomic E-state index is 13.5. The predicted octanol–water partition coefficient (Wildman–Crippen LogP) is -1.29. The van der Waals surface area contributed by atoms with Crippen LogP contribution in [0.3, 0.4) is 0 Å². The molecule has 4 aromatic rings. The Morgan fingerprint density at radius 2 is 1.78 bits per heavy atom. The number of aromatic amines is 1. The highest BCUT2D eigenvalue weighted by atomic mass is 32.7. The van der Waals surface area contributed by atoms with Gasteiger partial charge in [-0.1, -0.05) is 12.2 Å². The van der Waals surface area contributed by atoms with Gasteiger partial charge in [0.1, 0.15) is 48.8 Å². The maximum Gasteiger partial charge on any atom is 0.386 e. The highest BCUT2D eigenvalue weighted by Crippen LogP contribution is 2.58. The Labute approximate surface area is 260 Å². The second-order valence-electron chi connectivity index (χ2n) is 10.1. The fourth-order valence-corrected chi connectivity index (χ4v) is 8.18. The standard InChI is InChI=1S/C20H24N10O11P2S2/c21-14-6-1-26-30(15(6)24-4-23-14)18-11(32)12-8(39-18)3-37-43(35,45)41-13-10(31)7(2-36-42(34,44)40-12)38-19(13)29-5-25-9-16(29)27-20(22)28-17(9)33/h1,4-5,7-8,10-13,18-19,31-32H,2-3H2,(H,34,44)(H,35,45)(H2,21,23,24)(H3,22,27,28,33)/t7-,8-,10?,11+,12?,13+,18-,19-,42?,43?/m1/s1. The van der Waals surface area contributed by atoms with E-state index in [4.69, 9.17) is 50.8 Å². The topological polar surface area (TPSA) is 292 Å². The van der Waals surface area contributed by atoms with Crippen molar-refractivity contribution in [2.75, 3.05) is 24.7 Å². The van der Waals surface area contributed by atoms with Gasteiger partial charge < -0.3 is 40.6 Å². The largest absolute Gasteiger partial charge is 0.387 e. The number of hydrogen-bond donors (Lipinski definition) is 7. The number of fused-ring (bicyclic) bond motifs is 5. The van der Waals surface area contributed by atoms with Crippen LogP contribution in [0.25, 0.3) is 22.2 Å². The van der Waals surface area contributed by atoms with Crippen molar-refractivity contribution in [1.82, 2.24) is 39.3 Å². The Morgan fingerprint density at radius 1 is 1.02 bits per heavy atom. The number of aliphatic hydroxyl groups is 2. The van der Waals surface area contributed by atoms with Gasteiger partial charge in [0.15, 0.2) is 29.3 Å². The molecule has 0 spiro atoms. The minimum absolute atomic E-state index is 0.0318. The van der Waals surface area contributed by atoms with Crippen LogP contribution in [-0.2, 0) is 43.9 Å². The smallest absolute Gasteiger partial charge is 0.386 e. The lowest BCUT2D eigenvalue weighted by Gasteiger charge is -2.27. The summed E-state index contributed by atoms with van der Waals surface area (Å²) in [7, 11) is 0. The maximum atomic E-state index is 13.5. The van der Waals surface area contributed by atoms with Crippen molar-refractivity contribution in [3.8, 4) is 0 Å². The number of thiol groups is 1. The predicted molar refractivity (Wildman–Crippen MR) is 157 cm³/mol. The molecular weight excluding hydrogens is 682 g/mol. The molecule has 25 heteroatoms. The lowest BCUT2D eigenvalue weighted by molar-refractivity contribution is -0.0610. The minimum atomic E-state index is -4.37. The number of nitrogens with two attached hydrogens (primary N) is 2. The Kier molecular flexibility index (Phi) is 7.76. The molecule has 7 rings (SSSR count). The van der Waals surface area contributed by atoms with E-state index in [1.165, 1.54) is 28.1 Å². The Bertz CT molecular complexity index is 1940. The molecule has 3 fully saturated rings. The van der Waals surface area contributed by atoms with Gasteiger partial charge >= 0.3 is 13.5 Å². The van der Waals surface area contributed by atoms with Gasteiger partial charge in [0, 0.05) is 0 Å². The molecule has 10 atom stereocenters. The second-order valence-corrected chi connectivity index (χ2v) is 15.8. The Morgan fingerprint density at radius 3 is 2.58 bits per heavy atom. The van der Waals surface area contributed by atoms with E-state index in [2.05, 4.69) is 42.3 Å². The summed E-state index contributed by atoms with van der Waals surface area (Å²) in [5.74, 6) is -0.0837. The van der Waals surface area contributed by atoms with Crippen LogP contribution >= 0.6 is 25.8 Å². The van der Waals surface area contributed by atoms with Gasteiger partial charge in [0.25, 0.3) is 5.56 Å². The zero-order chi connectivity index (χ0) is 31.8. The summed E-state index contributed by atoms with van der Waals surface area (Å²) in [6, 6.07) is 0. The van der Waals surface area contributed by atoms with E-state index in [1.54, 1.807) is 0 Å². The van der Waals surface area contributed by atoms with E-state index in [0.29, 0.717) is 5.39 Å². The highest BCUT2D eigenvalue weighted by Gasteiger charge is 2.53. The first kappa shape index (κ1) is 31.0. The summed E-state index contributed by atoms with van der Waals surface area (Å²) in [6.45, 7) is -9.69. The molecule has 7 heterocycles. The van der Waals surface area contributed by atoms with Gasteiger partial charge in [0.2, 0.25) is 5.95 Å². The first-order valence-electron chi connectivity index (χ1n) is 13.0. The molecule has 0 radical (unpaired) electrons. The van der Waals surface area contributed by atoms with Crippen LogP contribution < -0.4 is 17.0 Å². The molecule has 45 heavy (non-hydrogen) atoms. The Balaban J connectivity index is 1.21. The van der Waals surface area contributed by atoms with Crippen LogP contribution in [0.1, 0.15) is 12.5 Å². The van der Waals surface area contributed by atoms with Crippen molar-refractivity contribution in [2.45, 2.75) is 49.1 Å². The van der Waals surface area contributed by atoms with Crippen LogP contribution in [0.2, 0.25) is 0 Å². The second kappa shape index (κ2) is 11.3. The van der Waals surface area contributed by atoms with Crippen LogP contribution in [0.5, 0.6) is 0 Å². The molecule has 4 unspecified atom stereocenters. The summed E-state index contributed by atoms with van der Waals surface area (Å²) in [5, 5.41) is 27.0. The number of anilines is 2. The number of aromatic nitrogens is 8. The first-order chi connectivity index (χ1) is 21.3. The number of imidazole rings is 1. The molecule has 21 nitrogen and oxygen atoms in total. The number of nitrogen functional groups attached to an aromatic ring is 2. The number of H-pyrrole nitrogens is 1. The summed E-state index contributed by atoms with van der Waals surface area (Å²) < 4.78 is 50.3. The van der Waals surface area contributed by atoms with Gasteiger partial charge in [-0.05, 0) is 11.8 Å². The van der Waals surface area contributed by atoms with Crippen molar-refractivity contribution in [3.05, 3.63) is 29.2 Å². The number of aliphatic hydroxyl groups excluding tert-OH is 2. The first-order valence-corrected chi connectivity index (χ1v) is 18.2. The van der Waals surface area contributed by atoms with Crippen LogP contribution in [0.4, 0.5) is 11.8 Å². The van der Waals surface area contributed by atoms with Crippen molar-refractivity contribution >= 4 is 71.5 Å². The lowest BCUT2D eigenvalue weighted by atomic mass is 10.1. The molecule has 8 N–H and O–H groups in total. The van der Waals surface area contributed by atoms with E-state index in [1.807, 2.05) is 0 Å². The molecule has 0 amide bonds. The zero-order valence-electron chi connectivity index (χ0n) is 22.4. The third kappa shape index (κ3) is 5.56. The Hall–Kier alpha value is -2.63. The third-order valence-electron chi connectivity index (χ3n) is 7.32. The molecule has 4 aromatic heterocycles. The number of rotatable bonds is 2. The highest BCUT2D eigenvalue weighted by molar-refractivity contribution is 8.44. The minimum Gasteiger partial charge on any atom is -0.387 e. The molecule has 3 aliphatic rings. The van der Waals surface area contributed by atoms with Crippen molar-refractivity contribution in [1.29, 1.82) is 0 Å². The SMILES string of the molecule is Nc1nc2c(ncn2[C@@H]2O[C@@H]3COP(O)(=S)OC4[C@@H](COP(=O)(S)O[C@H]2C3O)O[C@@H](n2ncc3c(N)ncnc32)[C@H]4O)c(=O)[nH]1. The summed E-state index contributed by atoms with van der Waals surface area (Å²) >= 11 is 9.29. The summed E-state index contributed by atoms with van der Waals surface area (Å²) in [4.78, 5) is 41.8. The summed E-state index contributed by atoms with van der Waals surface area (Å²) in [5.41, 5.74) is 11.1. The average molecular weight is 707 g/mol. The summed E-state index contributed by atoms with van der Waals surface area (Å²) in [6.07, 6.45) is -7.30. The molecule has 242 valence electrons. The number of nitrogens with one attached hydrogen (secondary N) is 1. The van der Waals surface area contributed by atoms with Crippen molar-refractivity contribution in [2.24, 2.45) is 0 Å². The molecule has 0 aliphatic carbocycles. The third-order valence-corrected chi connectivity index (χ3v) is 10.5. The van der Waals surface area contributed by atoms with E-state index >= 15 is 0 Å². The van der Waals surface area contributed by atoms with Crippen LogP contribution in [0, 0.1) is 0 Å². The van der Waals surface area contributed by atoms with Gasteiger partial charge in [-0.3, -0.25) is 27.9 Å². The van der Waals surface area contributed by atoms with Crippen LogP contribution in [-0.4, -0.2) is 104 Å². The van der Waals surface area contributed by atoms with Crippen molar-refractivity contribution < 1.29 is 47.2 Å². The number of hydrogen-bond acceptors (Lipinski definition) is 18. The molecule has 2 bridgehead atoms. The fraction of sp³-hybridized carbons (Fsp3) is 0.500. The molecule has 3 saturated heterocycles. The van der Waals surface area contributed by atoms with Crippen LogP contribution in [0.15, 0.2) is 23.6 Å². The molecule has 0 aromatic carbocycles.